The van der Waals surface area contributed by atoms with Gasteiger partial charge in [0.25, 0.3) is 5.91 Å². The maximum atomic E-state index is 12.4. The van der Waals surface area contributed by atoms with Crippen molar-refractivity contribution in [1.29, 1.82) is 5.26 Å². The van der Waals surface area contributed by atoms with Crippen LogP contribution in [0.25, 0.3) is 6.08 Å². The van der Waals surface area contributed by atoms with Crippen molar-refractivity contribution in [1.82, 2.24) is 5.32 Å². The molecule has 142 valence electrons. The fraction of sp³-hybridized carbons (Fsp3) is 0.300. The highest BCUT2D eigenvalue weighted by Crippen LogP contribution is 2.34. The normalized spacial score (nSPS) is 11.0. The zero-order valence-electron chi connectivity index (χ0n) is 15.6. The molecule has 27 heavy (non-hydrogen) atoms. The molecule has 1 amide bonds. The summed E-state index contributed by atoms with van der Waals surface area (Å²) in [5, 5.41) is 14.2. The van der Waals surface area contributed by atoms with Gasteiger partial charge in [0.05, 0.1) is 19.3 Å². The molecule has 0 bridgehead atoms. The van der Waals surface area contributed by atoms with E-state index in [9.17, 15) is 10.1 Å². The van der Waals surface area contributed by atoms with Crippen LogP contribution in [0.4, 0.5) is 5.69 Å². The lowest BCUT2D eigenvalue weighted by atomic mass is 10.1. The number of hydrogen-bond donors (Lipinski definition) is 1. The van der Waals surface area contributed by atoms with Crippen molar-refractivity contribution in [2.24, 2.45) is 0 Å². The molecule has 1 aromatic heterocycles. The molecule has 0 saturated carbocycles. The monoisotopic (exact) mass is 447 g/mol. The molecule has 0 saturated heterocycles. The summed E-state index contributed by atoms with van der Waals surface area (Å²) in [4.78, 5) is 15.6. The van der Waals surface area contributed by atoms with Gasteiger partial charge in [0.1, 0.15) is 17.4 Å². The van der Waals surface area contributed by atoms with Crippen molar-refractivity contribution >= 4 is 44.9 Å². The number of nitriles is 1. The molecule has 2 rings (SSSR count). The summed E-state index contributed by atoms with van der Waals surface area (Å²) in [7, 11) is 1.58. The van der Waals surface area contributed by atoms with Gasteiger partial charge in [-0.25, -0.2) is 0 Å². The maximum Gasteiger partial charge on any atom is 0.262 e. The van der Waals surface area contributed by atoms with Crippen LogP contribution in [0, 0.1) is 11.3 Å². The van der Waals surface area contributed by atoms with Crippen LogP contribution in [0.15, 0.2) is 39.7 Å². The van der Waals surface area contributed by atoms with Gasteiger partial charge in [0, 0.05) is 34.1 Å². The molecule has 0 aliphatic carbocycles. The quantitative estimate of drug-likeness (QED) is 0.474. The third-order valence-corrected chi connectivity index (χ3v) is 5.58. The van der Waals surface area contributed by atoms with Gasteiger partial charge in [0.2, 0.25) is 0 Å². The SMILES string of the molecule is CCN(CC)c1cc(OC)c(/C=C(\C#N)C(=O)NCc2cccs2)cc1Br. The molecule has 0 aliphatic rings. The molecule has 0 radical (unpaired) electrons. The average molecular weight is 448 g/mol. The van der Waals surface area contributed by atoms with Crippen molar-refractivity contribution in [3.05, 3.63) is 50.1 Å². The second kappa shape index (κ2) is 10.1. The van der Waals surface area contributed by atoms with E-state index in [2.05, 4.69) is 40.0 Å². The van der Waals surface area contributed by atoms with Gasteiger partial charge in [-0.1, -0.05) is 6.07 Å². The average Bonchev–Trinajstić information content (AvgIpc) is 3.20. The number of ether oxygens (including phenoxy) is 1. The fourth-order valence-corrected chi connectivity index (χ4v) is 3.89. The molecule has 5 nitrogen and oxygen atoms in total. The molecule has 2 aromatic rings. The Morgan fingerprint density at radius 3 is 2.70 bits per heavy atom. The van der Waals surface area contributed by atoms with Crippen molar-refractivity contribution in [3.63, 3.8) is 0 Å². The van der Waals surface area contributed by atoms with Gasteiger partial charge in [-0.3, -0.25) is 4.79 Å². The topological polar surface area (TPSA) is 65.4 Å². The van der Waals surface area contributed by atoms with E-state index >= 15 is 0 Å². The number of hydrogen-bond acceptors (Lipinski definition) is 5. The third-order valence-electron chi connectivity index (χ3n) is 4.07. The third kappa shape index (κ3) is 5.34. The molecular weight excluding hydrogens is 426 g/mol. The number of thiophene rings is 1. The van der Waals surface area contributed by atoms with Crippen LogP contribution in [0.3, 0.4) is 0 Å². The van der Waals surface area contributed by atoms with E-state index in [4.69, 9.17) is 4.74 Å². The summed E-state index contributed by atoms with van der Waals surface area (Å²) in [5.74, 6) is 0.204. The summed E-state index contributed by atoms with van der Waals surface area (Å²) >= 11 is 5.15. The Kier molecular flexibility index (Phi) is 7.89. The number of benzene rings is 1. The highest BCUT2D eigenvalue weighted by Gasteiger charge is 2.15. The minimum absolute atomic E-state index is 0.0346. The van der Waals surface area contributed by atoms with Crippen molar-refractivity contribution in [2.45, 2.75) is 20.4 Å². The second-order valence-electron chi connectivity index (χ2n) is 5.65. The minimum Gasteiger partial charge on any atom is -0.496 e. The van der Waals surface area contributed by atoms with E-state index in [-0.39, 0.29) is 5.57 Å². The van der Waals surface area contributed by atoms with Crippen LogP contribution in [0.5, 0.6) is 5.75 Å². The Morgan fingerprint density at radius 2 is 2.15 bits per heavy atom. The number of halogens is 1. The summed E-state index contributed by atoms with van der Waals surface area (Å²) in [5.41, 5.74) is 1.71. The summed E-state index contributed by atoms with van der Waals surface area (Å²) in [6.07, 6.45) is 1.55. The summed E-state index contributed by atoms with van der Waals surface area (Å²) in [6, 6.07) is 9.63. The molecule has 1 aromatic carbocycles. The fourth-order valence-electron chi connectivity index (χ4n) is 2.63. The zero-order valence-corrected chi connectivity index (χ0v) is 18.0. The number of rotatable bonds is 8. The summed E-state index contributed by atoms with van der Waals surface area (Å²) in [6.45, 7) is 6.30. The van der Waals surface area contributed by atoms with E-state index in [1.807, 2.05) is 35.7 Å². The van der Waals surface area contributed by atoms with E-state index in [1.54, 1.807) is 24.5 Å². The molecule has 7 heteroatoms. The van der Waals surface area contributed by atoms with Crippen LogP contribution in [0.1, 0.15) is 24.3 Å². The van der Waals surface area contributed by atoms with E-state index in [1.165, 1.54) is 0 Å². The molecule has 1 heterocycles. The number of nitrogens with one attached hydrogen (secondary N) is 1. The molecular formula is C20H22BrN3O2S. The lowest BCUT2D eigenvalue weighted by molar-refractivity contribution is -0.117. The first-order valence-corrected chi connectivity index (χ1v) is 10.3. The molecule has 0 fully saturated rings. The van der Waals surface area contributed by atoms with Crippen LogP contribution >= 0.6 is 27.3 Å². The lowest BCUT2D eigenvalue weighted by Crippen LogP contribution is -2.23. The molecule has 0 atom stereocenters. The first kappa shape index (κ1) is 21.0. The van der Waals surface area contributed by atoms with Crippen LogP contribution in [-0.2, 0) is 11.3 Å². The first-order valence-electron chi connectivity index (χ1n) is 8.58. The smallest absolute Gasteiger partial charge is 0.262 e. The van der Waals surface area contributed by atoms with E-state index in [0.717, 1.165) is 28.1 Å². The predicted molar refractivity (Wildman–Crippen MR) is 114 cm³/mol. The van der Waals surface area contributed by atoms with Crippen molar-refractivity contribution in [2.75, 3.05) is 25.1 Å². The van der Waals surface area contributed by atoms with Gasteiger partial charge in [-0.15, -0.1) is 11.3 Å². The Bertz CT molecular complexity index is 853. The Balaban J connectivity index is 2.30. The number of amides is 1. The Hall–Kier alpha value is -2.30. The second-order valence-corrected chi connectivity index (χ2v) is 7.54. The Morgan fingerprint density at radius 1 is 1.41 bits per heavy atom. The van der Waals surface area contributed by atoms with Crippen molar-refractivity contribution in [3.8, 4) is 11.8 Å². The molecule has 0 aliphatic heterocycles. The largest absolute Gasteiger partial charge is 0.496 e. The van der Waals surface area contributed by atoms with Crippen LogP contribution in [-0.4, -0.2) is 26.1 Å². The number of anilines is 1. The van der Waals surface area contributed by atoms with Crippen LogP contribution in [0.2, 0.25) is 0 Å². The number of nitrogens with zero attached hydrogens (tertiary/aromatic N) is 2. The van der Waals surface area contributed by atoms with Gasteiger partial charge < -0.3 is 15.0 Å². The number of carbonyl (C=O) groups is 1. The van der Waals surface area contributed by atoms with E-state index < -0.39 is 5.91 Å². The van der Waals surface area contributed by atoms with E-state index in [0.29, 0.717) is 17.9 Å². The predicted octanol–water partition coefficient (Wildman–Crippen LogP) is 4.59. The minimum atomic E-state index is -0.406. The van der Waals surface area contributed by atoms with Gasteiger partial charge in [-0.05, 0) is 53.4 Å². The maximum absolute atomic E-state index is 12.4. The van der Waals surface area contributed by atoms with Crippen molar-refractivity contribution < 1.29 is 9.53 Å². The highest BCUT2D eigenvalue weighted by atomic mass is 79.9. The number of carbonyl (C=O) groups excluding carboxylic acids is 1. The van der Waals surface area contributed by atoms with Gasteiger partial charge >= 0.3 is 0 Å². The zero-order chi connectivity index (χ0) is 19.8. The molecule has 0 unspecified atom stereocenters. The Labute approximate surface area is 172 Å². The van der Waals surface area contributed by atoms with Gasteiger partial charge in [-0.2, -0.15) is 5.26 Å². The first-order chi connectivity index (χ1) is 13.0. The highest BCUT2D eigenvalue weighted by molar-refractivity contribution is 9.10. The lowest BCUT2D eigenvalue weighted by Gasteiger charge is -2.23. The summed E-state index contributed by atoms with van der Waals surface area (Å²) < 4.78 is 6.38. The molecule has 0 spiro atoms. The van der Waals surface area contributed by atoms with Gasteiger partial charge in [0.15, 0.2) is 0 Å². The molecule has 1 N–H and O–H groups in total. The standard InChI is InChI=1S/C20H22BrN3O2S/c1-4-24(5-2)18-11-19(26-3)14(10-17(18)21)9-15(12-22)20(25)23-13-16-7-6-8-27-16/h6-11H,4-5,13H2,1-3H3,(H,23,25)/b15-9+. The number of methoxy groups -OCH3 is 1. The van der Waals surface area contributed by atoms with Crippen LogP contribution < -0.4 is 15.0 Å².